The third kappa shape index (κ3) is 2.36. The highest BCUT2D eigenvalue weighted by Crippen LogP contribution is 2.39. The van der Waals surface area contributed by atoms with Gasteiger partial charge in [0.15, 0.2) is 0 Å². The molecule has 1 heterocycles. The predicted octanol–water partition coefficient (Wildman–Crippen LogP) is 3.14. The molecule has 0 bridgehead atoms. The van der Waals surface area contributed by atoms with Crippen molar-refractivity contribution < 1.29 is 9.53 Å². The summed E-state index contributed by atoms with van der Waals surface area (Å²) in [6.07, 6.45) is 6.13. The standard InChI is InChI=1S/C14H13ClN2O2/c1-19-13-5-4-10(14(15)18)6-12(13)17-7-11(16-8-17)9-2-3-9/h4-9H,2-3H2,1H3. The van der Waals surface area contributed by atoms with E-state index < -0.39 is 5.24 Å². The summed E-state index contributed by atoms with van der Waals surface area (Å²) in [6.45, 7) is 0. The number of imidazole rings is 1. The van der Waals surface area contributed by atoms with Crippen molar-refractivity contribution in [3.63, 3.8) is 0 Å². The van der Waals surface area contributed by atoms with E-state index in [9.17, 15) is 4.79 Å². The maximum Gasteiger partial charge on any atom is 0.252 e. The van der Waals surface area contributed by atoms with Crippen LogP contribution in [0.2, 0.25) is 0 Å². The molecule has 1 aliphatic rings. The molecule has 0 unspecified atom stereocenters. The van der Waals surface area contributed by atoms with Crippen LogP contribution in [0.25, 0.3) is 5.69 Å². The van der Waals surface area contributed by atoms with E-state index in [1.165, 1.54) is 12.8 Å². The van der Waals surface area contributed by atoms with Crippen molar-refractivity contribution in [2.45, 2.75) is 18.8 Å². The van der Waals surface area contributed by atoms with Crippen LogP contribution in [-0.4, -0.2) is 21.9 Å². The van der Waals surface area contributed by atoms with Crippen LogP contribution in [0, 0.1) is 0 Å². The van der Waals surface area contributed by atoms with Gasteiger partial charge in [-0.1, -0.05) is 0 Å². The normalized spacial score (nSPS) is 14.4. The maximum absolute atomic E-state index is 11.3. The molecule has 0 atom stereocenters. The zero-order chi connectivity index (χ0) is 13.4. The topological polar surface area (TPSA) is 44.1 Å². The Labute approximate surface area is 116 Å². The Morgan fingerprint density at radius 2 is 2.26 bits per heavy atom. The van der Waals surface area contributed by atoms with Gasteiger partial charge in [-0.15, -0.1) is 0 Å². The Morgan fingerprint density at radius 1 is 1.47 bits per heavy atom. The van der Waals surface area contributed by atoms with Crippen molar-refractivity contribution in [2.24, 2.45) is 0 Å². The molecule has 0 radical (unpaired) electrons. The molecule has 0 N–H and O–H groups in total. The molecule has 19 heavy (non-hydrogen) atoms. The quantitative estimate of drug-likeness (QED) is 0.806. The van der Waals surface area contributed by atoms with Crippen LogP contribution in [0.5, 0.6) is 5.75 Å². The fourth-order valence-corrected chi connectivity index (χ4v) is 2.19. The molecule has 0 spiro atoms. The Bertz CT molecular complexity index is 632. The number of carbonyl (C=O) groups is 1. The maximum atomic E-state index is 11.3. The Balaban J connectivity index is 2.04. The molecule has 1 aromatic carbocycles. The van der Waals surface area contributed by atoms with Crippen LogP contribution in [-0.2, 0) is 0 Å². The zero-order valence-corrected chi connectivity index (χ0v) is 11.2. The van der Waals surface area contributed by atoms with Crippen LogP contribution >= 0.6 is 11.6 Å². The molecule has 4 nitrogen and oxygen atoms in total. The summed E-state index contributed by atoms with van der Waals surface area (Å²) in [4.78, 5) is 15.6. The lowest BCUT2D eigenvalue weighted by Crippen LogP contribution is -1.98. The molecule has 0 aliphatic heterocycles. The summed E-state index contributed by atoms with van der Waals surface area (Å²) in [6, 6.07) is 5.10. The Morgan fingerprint density at radius 3 is 2.89 bits per heavy atom. The summed E-state index contributed by atoms with van der Waals surface area (Å²) < 4.78 is 7.19. The van der Waals surface area contributed by atoms with Gasteiger partial charge in [0.05, 0.1) is 24.8 Å². The van der Waals surface area contributed by atoms with Crippen molar-refractivity contribution in [1.29, 1.82) is 0 Å². The minimum absolute atomic E-state index is 0.444. The van der Waals surface area contributed by atoms with E-state index in [0.29, 0.717) is 17.2 Å². The molecule has 2 aromatic rings. The number of methoxy groups -OCH3 is 1. The van der Waals surface area contributed by atoms with E-state index in [0.717, 1.165) is 11.4 Å². The second-order valence-corrected chi connectivity index (χ2v) is 4.98. The molecule has 1 aliphatic carbocycles. The fourth-order valence-electron chi connectivity index (χ4n) is 2.07. The summed E-state index contributed by atoms with van der Waals surface area (Å²) in [5, 5.41) is -0.480. The van der Waals surface area contributed by atoms with Gasteiger partial charge in [-0.25, -0.2) is 4.98 Å². The van der Waals surface area contributed by atoms with Gasteiger partial charge in [-0.05, 0) is 42.6 Å². The number of hydrogen-bond donors (Lipinski definition) is 0. The minimum atomic E-state index is -0.480. The number of ether oxygens (including phenoxy) is 1. The van der Waals surface area contributed by atoms with E-state index in [4.69, 9.17) is 16.3 Å². The number of halogens is 1. The van der Waals surface area contributed by atoms with Crippen LogP contribution < -0.4 is 4.74 Å². The fraction of sp³-hybridized carbons (Fsp3) is 0.286. The lowest BCUT2D eigenvalue weighted by atomic mass is 10.2. The second-order valence-electron chi connectivity index (χ2n) is 4.64. The van der Waals surface area contributed by atoms with Gasteiger partial charge in [-0.3, -0.25) is 4.79 Å². The van der Waals surface area contributed by atoms with Gasteiger partial charge in [0.2, 0.25) is 0 Å². The van der Waals surface area contributed by atoms with Crippen molar-refractivity contribution in [2.75, 3.05) is 7.11 Å². The van der Waals surface area contributed by atoms with Crippen molar-refractivity contribution in [3.05, 3.63) is 42.0 Å². The second kappa shape index (κ2) is 4.70. The number of carbonyl (C=O) groups excluding carboxylic acids is 1. The van der Waals surface area contributed by atoms with Gasteiger partial charge < -0.3 is 9.30 Å². The number of hydrogen-bond acceptors (Lipinski definition) is 3. The first kappa shape index (κ1) is 12.2. The molecule has 1 fully saturated rings. The molecule has 0 amide bonds. The van der Waals surface area contributed by atoms with Gasteiger partial charge in [0.1, 0.15) is 5.75 Å². The monoisotopic (exact) mass is 276 g/mol. The first-order valence-electron chi connectivity index (χ1n) is 6.11. The van der Waals surface area contributed by atoms with Crippen molar-refractivity contribution in [1.82, 2.24) is 9.55 Å². The first-order chi connectivity index (χ1) is 9.19. The highest BCUT2D eigenvalue weighted by Gasteiger charge is 2.26. The lowest BCUT2D eigenvalue weighted by molar-refractivity contribution is 0.108. The highest BCUT2D eigenvalue weighted by molar-refractivity contribution is 6.67. The summed E-state index contributed by atoms with van der Waals surface area (Å²) in [7, 11) is 1.60. The van der Waals surface area contributed by atoms with Gasteiger partial charge in [-0.2, -0.15) is 0 Å². The summed E-state index contributed by atoms with van der Waals surface area (Å²) in [5.74, 6) is 1.27. The molecule has 1 saturated carbocycles. The van der Waals surface area contributed by atoms with E-state index >= 15 is 0 Å². The average molecular weight is 277 g/mol. The van der Waals surface area contributed by atoms with Gasteiger partial charge in [0.25, 0.3) is 5.24 Å². The Hall–Kier alpha value is -1.81. The number of benzene rings is 1. The average Bonchev–Trinajstić information content (AvgIpc) is 3.16. The third-order valence-electron chi connectivity index (χ3n) is 3.28. The molecule has 3 rings (SSSR count). The number of rotatable bonds is 4. The van der Waals surface area contributed by atoms with Crippen LogP contribution in [0.4, 0.5) is 0 Å². The molecule has 98 valence electrons. The SMILES string of the molecule is COc1ccc(C(=O)Cl)cc1-n1cnc(C2CC2)c1. The molecule has 0 saturated heterocycles. The number of aromatic nitrogens is 2. The lowest BCUT2D eigenvalue weighted by Gasteiger charge is -2.09. The molecule has 5 heteroatoms. The van der Waals surface area contributed by atoms with Crippen LogP contribution in [0.3, 0.4) is 0 Å². The smallest absolute Gasteiger partial charge is 0.252 e. The van der Waals surface area contributed by atoms with Crippen LogP contribution in [0.15, 0.2) is 30.7 Å². The van der Waals surface area contributed by atoms with Crippen molar-refractivity contribution in [3.8, 4) is 11.4 Å². The van der Waals surface area contributed by atoms with E-state index in [2.05, 4.69) is 4.98 Å². The van der Waals surface area contributed by atoms with Gasteiger partial charge >= 0.3 is 0 Å². The van der Waals surface area contributed by atoms with Crippen molar-refractivity contribution >= 4 is 16.8 Å². The largest absolute Gasteiger partial charge is 0.495 e. The van der Waals surface area contributed by atoms with E-state index in [1.54, 1.807) is 31.6 Å². The molecular formula is C14H13ClN2O2. The summed E-state index contributed by atoms with van der Waals surface area (Å²) in [5.41, 5.74) is 2.30. The molecule has 1 aromatic heterocycles. The number of nitrogens with zero attached hydrogens (tertiary/aromatic N) is 2. The highest BCUT2D eigenvalue weighted by atomic mass is 35.5. The van der Waals surface area contributed by atoms with Gasteiger partial charge in [0, 0.05) is 17.7 Å². The Kier molecular flexibility index (Phi) is 3.03. The molecular weight excluding hydrogens is 264 g/mol. The zero-order valence-electron chi connectivity index (χ0n) is 10.5. The minimum Gasteiger partial charge on any atom is -0.495 e. The first-order valence-corrected chi connectivity index (χ1v) is 6.49. The van der Waals surface area contributed by atoms with E-state index in [1.807, 2.05) is 10.8 Å². The third-order valence-corrected chi connectivity index (χ3v) is 3.50. The van der Waals surface area contributed by atoms with E-state index in [-0.39, 0.29) is 0 Å². The summed E-state index contributed by atoms with van der Waals surface area (Å²) >= 11 is 5.52. The predicted molar refractivity (Wildman–Crippen MR) is 72.3 cm³/mol. The van der Waals surface area contributed by atoms with Crippen LogP contribution in [0.1, 0.15) is 34.8 Å².